The molecule has 0 saturated carbocycles. The van der Waals surface area contributed by atoms with Gasteiger partial charge in [0.2, 0.25) is 5.95 Å². The first-order chi connectivity index (χ1) is 15.6. The number of nitrogens with zero attached hydrogens (tertiary/aromatic N) is 4. The number of hydrogen-bond donors (Lipinski definition) is 2. The summed E-state index contributed by atoms with van der Waals surface area (Å²) in [6.45, 7) is 7.18. The number of aryl methyl sites for hydroxylation is 1. The van der Waals surface area contributed by atoms with E-state index < -0.39 is 0 Å². The van der Waals surface area contributed by atoms with Crippen LogP contribution in [0.25, 0.3) is 0 Å². The first kappa shape index (κ1) is 22.7. The Labute approximate surface area is 195 Å². The Bertz CT molecular complexity index is 900. The molecule has 0 radical (unpaired) electrons. The maximum atomic E-state index is 13.0. The van der Waals surface area contributed by atoms with Crippen LogP contribution in [0.1, 0.15) is 44.6 Å². The molecule has 2 aliphatic rings. The number of thiocarbonyl (C=S) groups is 1. The highest BCUT2D eigenvalue weighted by molar-refractivity contribution is 7.80. The van der Waals surface area contributed by atoms with Gasteiger partial charge in [-0.2, -0.15) is 9.97 Å². The molecular weight excluding hydrogens is 423 g/mol. The molecule has 2 N–H and O–H groups in total. The molecule has 3 heterocycles. The largest absolute Gasteiger partial charge is 0.362 e. The summed E-state index contributed by atoms with van der Waals surface area (Å²) < 4.78 is 13.0. The van der Waals surface area contributed by atoms with Crippen molar-refractivity contribution in [3.8, 4) is 0 Å². The first-order valence-electron chi connectivity index (χ1n) is 11.7. The van der Waals surface area contributed by atoms with E-state index in [4.69, 9.17) is 22.2 Å². The number of rotatable bonds is 7. The van der Waals surface area contributed by atoms with E-state index in [0.29, 0.717) is 17.0 Å². The Morgan fingerprint density at radius 3 is 2.47 bits per heavy atom. The maximum absolute atomic E-state index is 13.0. The van der Waals surface area contributed by atoms with Crippen LogP contribution in [-0.4, -0.2) is 47.8 Å². The molecule has 2 saturated heterocycles. The fourth-order valence-electron chi connectivity index (χ4n) is 4.44. The Balaban J connectivity index is 1.36. The van der Waals surface area contributed by atoms with E-state index in [0.717, 1.165) is 62.8 Å². The maximum Gasteiger partial charge on any atom is 0.232 e. The predicted octanol–water partition coefficient (Wildman–Crippen LogP) is 4.37. The zero-order chi connectivity index (χ0) is 22.3. The predicted molar refractivity (Wildman–Crippen MR) is 133 cm³/mol. The number of nitrogens with one attached hydrogen (secondary N) is 2. The monoisotopic (exact) mass is 456 g/mol. The van der Waals surface area contributed by atoms with E-state index >= 15 is 0 Å². The van der Waals surface area contributed by atoms with Crippen molar-refractivity contribution < 1.29 is 4.39 Å². The van der Waals surface area contributed by atoms with Crippen LogP contribution in [0.3, 0.4) is 0 Å². The van der Waals surface area contributed by atoms with Gasteiger partial charge in [0.1, 0.15) is 17.5 Å². The number of hydrogen-bond acceptors (Lipinski definition) is 5. The van der Waals surface area contributed by atoms with Gasteiger partial charge >= 0.3 is 0 Å². The quantitative estimate of drug-likeness (QED) is 0.474. The molecule has 0 amide bonds. The molecular formula is C24H33FN6S. The van der Waals surface area contributed by atoms with Crippen LogP contribution in [0, 0.1) is 11.7 Å². The first-order valence-corrected chi connectivity index (χ1v) is 12.2. The number of aromatic nitrogens is 2. The Kier molecular flexibility index (Phi) is 7.73. The van der Waals surface area contributed by atoms with Crippen LogP contribution >= 0.6 is 12.2 Å². The van der Waals surface area contributed by atoms with Crippen molar-refractivity contribution in [2.75, 3.05) is 47.8 Å². The van der Waals surface area contributed by atoms with E-state index in [-0.39, 0.29) is 5.82 Å². The van der Waals surface area contributed by atoms with Gasteiger partial charge in [-0.05, 0) is 74.4 Å². The average molecular weight is 457 g/mol. The van der Waals surface area contributed by atoms with Crippen LogP contribution in [0.15, 0.2) is 30.3 Å². The second kappa shape index (κ2) is 10.9. The van der Waals surface area contributed by atoms with Crippen molar-refractivity contribution in [1.82, 2.24) is 15.3 Å². The van der Waals surface area contributed by atoms with Gasteiger partial charge in [-0.15, -0.1) is 0 Å². The van der Waals surface area contributed by atoms with Gasteiger partial charge in [0, 0.05) is 38.8 Å². The number of piperidine rings is 1. The summed E-state index contributed by atoms with van der Waals surface area (Å²) in [6, 6.07) is 8.79. The molecule has 2 aliphatic heterocycles. The van der Waals surface area contributed by atoms with E-state index in [9.17, 15) is 4.39 Å². The summed E-state index contributed by atoms with van der Waals surface area (Å²) in [4.78, 5) is 14.3. The lowest BCUT2D eigenvalue weighted by atomic mass is 10.0. The standard InChI is InChI=1S/C24H33FN6S/c1-18-6-5-15-31(17-18)22-16-21(30-13-2-3-14-30)27-23(28-22)29-24(32)26-12-4-7-19-8-10-20(25)11-9-19/h8-11,16,18H,2-7,12-15,17H2,1H3,(H2,26,27,28,29,32)/t18-/m1/s1. The summed E-state index contributed by atoms with van der Waals surface area (Å²) in [6.07, 6.45) is 6.65. The molecule has 1 aromatic carbocycles. The van der Waals surface area contributed by atoms with Gasteiger partial charge in [0.05, 0.1) is 0 Å². The van der Waals surface area contributed by atoms with Gasteiger partial charge in [0.15, 0.2) is 5.11 Å². The van der Waals surface area contributed by atoms with E-state index in [1.54, 1.807) is 0 Å². The minimum absolute atomic E-state index is 0.202. The van der Waals surface area contributed by atoms with Crippen LogP contribution in [0.5, 0.6) is 0 Å². The van der Waals surface area contributed by atoms with Gasteiger partial charge in [-0.25, -0.2) is 4.39 Å². The van der Waals surface area contributed by atoms with Gasteiger partial charge in [-0.1, -0.05) is 19.1 Å². The average Bonchev–Trinajstić information content (AvgIpc) is 3.33. The highest BCUT2D eigenvalue weighted by atomic mass is 32.1. The fourth-order valence-corrected chi connectivity index (χ4v) is 4.63. The lowest BCUT2D eigenvalue weighted by Crippen LogP contribution is -2.36. The van der Waals surface area contributed by atoms with E-state index in [1.807, 2.05) is 12.1 Å². The summed E-state index contributed by atoms with van der Waals surface area (Å²) in [7, 11) is 0. The third kappa shape index (κ3) is 6.28. The number of anilines is 3. The highest BCUT2D eigenvalue weighted by Crippen LogP contribution is 2.27. The molecule has 6 nitrogen and oxygen atoms in total. The molecule has 32 heavy (non-hydrogen) atoms. The summed E-state index contributed by atoms with van der Waals surface area (Å²) in [5, 5.41) is 6.97. The zero-order valence-electron chi connectivity index (χ0n) is 18.8. The van der Waals surface area contributed by atoms with Crippen LogP contribution in [0.2, 0.25) is 0 Å². The molecule has 0 aliphatic carbocycles. The molecule has 172 valence electrons. The van der Waals surface area contributed by atoms with E-state index in [1.165, 1.54) is 37.8 Å². The lowest BCUT2D eigenvalue weighted by molar-refractivity contribution is 0.444. The van der Waals surface area contributed by atoms with Crippen molar-refractivity contribution in [2.24, 2.45) is 5.92 Å². The van der Waals surface area contributed by atoms with E-state index in [2.05, 4.69) is 33.4 Å². The van der Waals surface area contributed by atoms with Crippen LogP contribution < -0.4 is 20.4 Å². The summed E-state index contributed by atoms with van der Waals surface area (Å²) in [5.41, 5.74) is 1.12. The number of benzene rings is 1. The second-order valence-electron chi connectivity index (χ2n) is 8.91. The molecule has 4 rings (SSSR count). The highest BCUT2D eigenvalue weighted by Gasteiger charge is 2.22. The summed E-state index contributed by atoms with van der Waals surface area (Å²) >= 11 is 5.50. The van der Waals surface area contributed by atoms with Crippen molar-refractivity contribution in [3.63, 3.8) is 0 Å². The Hall–Kier alpha value is -2.48. The van der Waals surface area contributed by atoms with Gasteiger partial charge in [-0.3, -0.25) is 0 Å². The molecule has 0 spiro atoms. The van der Waals surface area contributed by atoms with Crippen molar-refractivity contribution in [3.05, 3.63) is 41.7 Å². The van der Waals surface area contributed by atoms with Crippen molar-refractivity contribution >= 4 is 34.9 Å². The SMILES string of the molecule is C[C@@H]1CCCN(c2cc(N3CCCC3)nc(NC(=S)NCCCc3ccc(F)cc3)n2)C1. The van der Waals surface area contributed by atoms with Gasteiger partial charge in [0.25, 0.3) is 0 Å². The molecule has 1 atom stereocenters. The van der Waals surface area contributed by atoms with Gasteiger partial charge < -0.3 is 20.4 Å². The molecule has 2 fully saturated rings. The summed E-state index contributed by atoms with van der Waals surface area (Å²) in [5.74, 6) is 2.99. The third-order valence-corrected chi connectivity index (χ3v) is 6.42. The Morgan fingerprint density at radius 1 is 1.06 bits per heavy atom. The normalized spacial score (nSPS) is 18.6. The fraction of sp³-hybridized carbons (Fsp3) is 0.542. The lowest BCUT2D eigenvalue weighted by Gasteiger charge is -2.32. The molecule has 0 bridgehead atoms. The second-order valence-corrected chi connectivity index (χ2v) is 9.31. The minimum Gasteiger partial charge on any atom is -0.362 e. The van der Waals surface area contributed by atoms with Crippen LogP contribution in [0.4, 0.5) is 22.0 Å². The topological polar surface area (TPSA) is 56.3 Å². The van der Waals surface area contributed by atoms with Crippen molar-refractivity contribution in [2.45, 2.75) is 45.4 Å². The molecule has 1 aromatic heterocycles. The minimum atomic E-state index is -0.202. The van der Waals surface area contributed by atoms with Crippen molar-refractivity contribution in [1.29, 1.82) is 0 Å². The Morgan fingerprint density at radius 2 is 1.75 bits per heavy atom. The molecule has 0 unspecified atom stereocenters. The zero-order valence-corrected chi connectivity index (χ0v) is 19.6. The smallest absolute Gasteiger partial charge is 0.232 e. The molecule has 8 heteroatoms. The number of halogens is 1. The third-order valence-electron chi connectivity index (χ3n) is 6.18. The molecule has 2 aromatic rings. The van der Waals surface area contributed by atoms with Crippen LogP contribution in [-0.2, 0) is 6.42 Å².